The van der Waals surface area contributed by atoms with Crippen LogP contribution in [0.5, 0.6) is 0 Å². The summed E-state index contributed by atoms with van der Waals surface area (Å²) in [5.74, 6) is 1.65. The lowest BCUT2D eigenvalue weighted by Crippen LogP contribution is -2.22. The van der Waals surface area contributed by atoms with Crippen LogP contribution in [0.15, 0.2) is 54.7 Å². The maximum absolute atomic E-state index is 4.82. The standard InChI is InChI=1S/C20H21N3/c1-2-15-10-12-23(14-15)20-21-11-9-19(22-20)18-8-7-16-5-3-4-6-17(16)13-18/h3-9,11,13,15H,2,10,12,14H2,1H3/t15-/m0/s1. The van der Waals surface area contributed by atoms with Crippen molar-refractivity contribution in [2.24, 2.45) is 5.92 Å². The van der Waals surface area contributed by atoms with Gasteiger partial charge in [0.15, 0.2) is 0 Å². The third-order valence-electron chi connectivity index (χ3n) is 4.83. The van der Waals surface area contributed by atoms with E-state index in [1.807, 2.05) is 12.3 Å². The maximum atomic E-state index is 4.82. The van der Waals surface area contributed by atoms with Crippen molar-refractivity contribution in [3.63, 3.8) is 0 Å². The van der Waals surface area contributed by atoms with Crippen LogP contribution >= 0.6 is 0 Å². The summed E-state index contributed by atoms with van der Waals surface area (Å²) in [5.41, 5.74) is 2.15. The van der Waals surface area contributed by atoms with Gasteiger partial charge < -0.3 is 4.90 Å². The molecule has 1 fully saturated rings. The molecule has 2 aromatic carbocycles. The molecule has 116 valence electrons. The molecule has 3 nitrogen and oxygen atoms in total. The van der Waals surface area contributed by atoms with E-state index in [2.05, 4.69) is 59.3 Å². The normalized spacial score (nSPS) is 17.8. The highest BCUT2D eigenvalue weighted by molar-refractivity contribution is 5.86. The first-order valence-corrected chi connectivity index (χ1v) is 8.40. The summed E-state index contributed by atoms with van der Waals surface area (Å²) >= 11 is 0. The summed E-state index contributed by atoms with van der Waals surface area (Å²) in [6.07, 6.45) is 4.37. The predicted molar refractivity (Wildman–Crippen MR) is 95.6 cm³/mol. The topological polar surface area (TPSA) is 29.0 Å². The van der Waals surface area contributed by atoms with Crippen molar-refractivity contribution in [2.75, 3.05) is 18.0 Å². The minimum atomic E-state index is 0.780. The molecule has 4 rings (SSSR count). The molecule has 1 aliphatic rings. The Labute approximate surface area is 137 Å². The van der Waals surface area contributed by atoms with E-state index in [1.54, 1.807) is 0 Å². The van der Waals surface area contributed by atoms with E-state index in [-0.39, 0.29) is 0 Å². The van der Waals surface area contributed by atoms with Gasteiger partial charge in [-0.25, -0.2) is 9.97 Å². The van der Waals surface area contributed by atoms with Crippen LogP contribution in [-0.2, 0) is 0 Å². The van der Waals surface area contributed by atoms with Crippen molar-refractivity contribution in [1.29, 1.82) is 0 Å². The largest absolute Gasteiger partial charge is 0.341 e. The minimum Gasteiger partial charge on any atom is -0.341 e. The Hall–Kier alpha value is -2.42. The summed E-state index contributed by atoms with van der Waals surface area (Å²) in [6.45, 7) is 4.41. The number of hydrogen-bond donors (Lipinski definition) is 0. The van der Waals surface area contributed by atoms with Crippen LogP contribution < -0.4 is 4.90 Å². The third-order valence-corrected chi connectivity index (χ3v) is 4.83. The second-order valence-corrected chi connectivity index (χ2v) is 6.31. The number of hydrogen-bond acceptors (Lipinski definition) is 3. The first kappa shape index (κ1) is 14.2. The molecule has 3 aromatic rings. The molecule has 1 aliphatic heterocycles. The molecule has 0 spiro atoms. The fraction of sp³-hybridized carbons (Fsp3) is 0.300. The Balaban J connectivity index is 1.67. The molecule has 1 atom stereocenters. The zero-order chi connectivity index (χ0) is 15.6. The Morgan fingerprint density at radius 3 is 2.78 bits per heavy atom. The summed E-state index contributed by atoms with van der Waals surface area (Å²) in [6, 6.07) is 17.0. The van der Waals surface area contributed by atoms with Gasteiger partial charge in [0.2, 0.25) is 5.95 Å². The first-order chi connectivity index (χ1) is 11.3. The van der Waals surface area contributed by atoms with Gasteiger partial charge in [-0.1, -0.05) is 49.7 Å². The van der Waals surface area contributed by atoms with E-state index in [0.29, 0.717) is 0 Å². The summed E-state index contributed by atoms with van der Waals surface area (Å²) in [5, 5.41) is 2.51. The van der Waals surface area contributed by atoms with Gasteiger partial charge in [0.05, 0.1) is 5.69 Å². The summed E-state index contributed by atoms with van der Waals surface area (Å²) in [7, 11) is 0. The van der Waals surface area contributed by atoms with Crippen molar-refractivity contribution in [2.45, 2.75) is 19.8 Å². The van der Waals surface area contributed by atoms with Gasteiger partial charge in [0.1, 0.15) is 0 Å². The van der Waals surface area contributed by atoms with Crippen LogP contribution in [0.1, 0.15) is 19.8 Å². The number of anilines is 1. The van der Waals surface area contributed by atoms with Gasteiger partial charge in [-0.2, -0.15) is 0 Å². The van der Waals surface area contributed by atoms with E-state index in [4.69, 9.17) is 4.98 Å². The molecule has 2 heterocycles. The number of aromatic nitrogens is 2. The predicted octanol–water partition coefficient (Wildman–Crippen LogP) is 4.53. The van der Waals surface area contributed by atoms with E-state index >= 15 is 0 Å². The second-order valence-electron chi connectivity index (χ2n) is 6.31. The van der Waals surface area contributed by atoms with Crippen LogP contribution in [0.25, 0.3) is 22.0 Å². The SMILES string of the molecule is CC[C@H]1CCN(c2nccc(-c3ccc4ccccc4c3)n2)C1. The highest BCUT2D eigenvalue weighted by Gasteiger charge is 2.23. The number of benzene rings is 2. The second kappa shape index (κ2) is 5.99. The highest BCUT2D eigenvalue weighted by atomic mass is 15.3. The lowest BCUT2D eigenvalue weighted by atomic mass is 10.1. The average molecular weight is 303 g/mol. The van der Waals surface area contributed by atoms with Gasteiger partial charge >= 0.3 is 0 Å². The van der Waals surface area contributed by atoms with Crippen molar-refractivity contribution >= 4 is 16.7 Å². The average Bonchev–Trinajstić information content (AvgIpc) is 3.11. The van der Waals surface area contributed by atoms with Crippen LogP contribution in [0.4, 0.5) is 5.95 Å². The zero-order valence-corrected chi connectivity index (χ0v) is 13.4. The Morgan fingerprint density at radius 2 is 1.96 bits per heavy atom. The van der Waals surface area contributed by atoms with Gasteiger partial charge in [-0.3, -0.25) is 0 Å². The van der Waals surface area contributed by atoms with Gasteiger partial charge in [-0.15, -0.1) is 0 Å². The maximum Gasteiger partial charge on any atom is 0.225 e. The van der Waals surface area contributed by atoms with Crippen LogP contribution in [0.3, 0.4) is 0 Å². The smallest absolute Gasteiger partial charge is 0.225 e. The van der Waals surface area contributed by atoms with Crippen molar-refractivity contribution in [3.05, 3.63) is 54.7 Å². The van der Waals surface area contributed by atoms with E-state index < -0.39 is 0 Å². The summed E-state index contributed by atoms with van der Waals surface area (Å²) < 4.78 is 0. The number of rotatable bonds is 3. The van der Waals surface area contributed by atoms with Crippen molar-refractivity contribution in [1.82, 2.24) is 9.97 Å². The van der Waals surface area contributed by atoms with Crippen molar-refractivity contribution < 1.29 is 0 Å². The quantitative estimate of drug-likeness (QED) is 0.711. The van der Waals surface area contributed by atoms with Gasteiger partial charge in [-0.05, 0) is 35.2 Å². The van der Waals surface area contributed by atoms with Crippen LogP contribution in [-0.4, -0.2) is 23.1 Å². The molecule has 3 heteroatoms. The zero-order valence-electron chi connectivity index (χ0n) is 13.4. The van der Waals surface area contributed by atoms with E-state index in [1.165, 1.54) is 23.6 Å². The van der Waals surface area contributed by atoms with Gasteiger partial charge in [0.25, 0.3) is 0 Å². The number of fused-ring (bicyclic) bond motifs is 1. The third kappa shape index (κ3) is 2.79. The molecule has 0 unspecified atom stereocenters. The van der Waals surface area contributed by atoms with E-state index in [0.717, 1.165) is 36.2 Å². The van der Waals surface area contributed by atoms with Crippen LogP contribution in [0, 0.1) is 5.92 Å². The van der Waals surface area contributed by atoms with E-state index in [9.17, 15) is 0 Å². The van der Waals surface area contributed by atoms with Gasteiger partial charge in [0, 0.05) is 24.8 Å². The van der Waals surface area contributed by atoms with Crippen molar-refractivity contribution in [3.8, 4) is 11.3 Å². The molecular weight excluding hydrogens is 282 g/mol. The highest BCUT2D eigenvalue weighted by Crippen LogP contribution is 2.26. The lowest BCUT2D eigenvalue weighted by Gasteiger charge is -2.16. The molecule has 0 radical (unpaired) electrons. The molecule has 0 saturated carbocycles. The fourth-order valence-electron chi connectivity index (χ4n) is 3.36. The molecule has 0 N–H and O–H groups in total. The van der Waals surface area contributed by atoms with Crippen LogP contribution in [0.2, 0.25) is 0 Å². The molecular formula is C20H21N3. The minimum absolute atomic E-state index is 0.780. The fourth-order valence-corrected chi connectivity index (χ4v) is 3.36. The molecule has 0 amide bonds. The molecule has 1 aromatic heterocycles. The monoisotopic (exact) mass is 303 g/mol. The Morgan fingerprint density at radius 1 is 1.09 bits per heavy atom. The Bertz CT molecular complexity index is 828. The molecule has 23 heavy (non-hydrogen) atoms. The first-order valence-electron chi connectivity index (χ1n) is 8.40. The molecule has 0 aliphatic carbocycles. The number of nitrogens with zero attached hydrogens (tertiary/aromatic N) is 3. The summed E-state index contributed by atoms with van der Waals surface area (Å²) in [4.78, 5) is 11.6. The molecule has 1 saturated heterocycles. The molecule has 0 bridgehead atoms. The lowest BCUT2D eigenvalue weighted by molar-refractivity contribution is 0.568. The Kier molecular flexibility index (Phi) is 3.70.